The fourth-order valence-corrected chi connectivity index (χ4v) is 3.48. The Hall–Kier alpha value is -1.63. The Kier molecular flexibility index (Phi) is 4.51. The van der Waals surface area contributed by atoms with Crippen molar-refractivity contribution in [2.75, 3.05) is 12.8 Å². The summed E-state index contributed by atoms with van der Waals surface area (Å²) in [5, 5.41) is -0.0238. The number of nitrogen functional groups attached to an aromatic ring is 1. The molecule has 0 unspecified atom stereocenters. The molecule has 0 atom stereocenters. The minimum absolute atomic E-state index is 0.0238. The number of nitrogens with zero attached hydrogens (tertiary/aromatic N) is 1. The summed E-state index contributed by atoms with van der Waals surface area (Å²) in [6.45, 7) is 0.0713. The highest BCUT2D eigenvalue weighted by Crippen LogP contribution is 2.26. The molecule has 0 spiro atoms. The average Bonchev–Trinajstić information content (AvgIpc) is 2.43. The van der Waals surface area contributed by atoms with Gasteiger partial charge in [0.25, 0.3) is 0 Å². The van der Waals surface area contributed by atoms with Gasteiger partial charge in [-0.1, -0.05) is 29.8 Å². The van der Waals surface area contributed by atoms with Gasteiger partial charge in [0.1, 0.15) is 10.7 Å². The minimum Gasteiger partial charge on any atom is -0.398 e. The molecule has 0 aliphatic rings. The Morgan fingerprint density at radius 2 is 1.90 bits per heavy atom. The van der Waals surface area contributed by atoms with E-state index in [-0.39, 0.29) is 16.5 Å². The Bertz CT molecular complexity index is 765. The summed E-state index contributed by atoms with van der Waals surface area (Å²) in [6.07, 6.45) is 0. The number of benzene rings is 2. The first kappa shape index (κ1) is 15.8. The molecule has 2 rings (SSSR count). The molecule has 0 aromatic heterocycles. The summed E-state index contributed by atoms with van der Waals surface area (Å²) in [6, 6.07) is 10.2. The van der Waals surface area contributed by atoms with Crippen LogP contribution < -0.4 is 5.73 Å². The molecular formula is C14H14ClFN2O2S. The second-order valence-electron chi connectivity index (χ2n) is 4.53. The number of anilines is 1. The van der Waals surface area contributed by atoms with Crippen LogP contribution in [0.25, 0.3) is 0 Å². The monoisotopic (exact) mass is 328 g/mol. The lowest BCUT2D eigenvalue weighted by Gasteiger charge is -2.19. The third-order valence-electron chi connectivity index (χ3n) is 3.03. The Morgan fingerprint density at radius 3 is 2.57 bits per heavy atom. The van der Waals surface area contributed by atoms with E-state index in [1.165, 1.54) is 13.1 Å². The third-order valence-corrected chi connectivity index (χ3v) is 5.31. The quantitative estimate of drug-likeness (QED) is 0.878. The van der Waals surface area contributed by atoms with Crippen molar-refractivity contribution >= 4 is 27.3 Å². The van der Waals surface area contributed by atoms with Crippen molar-refractivity contribution in [2.45, 2.75) is 11.4 Å². The molecule has 112 valence electrons. The number of nitrogens with two attached hydrogens (primary N) is 1. The van der Waals surface area contributed by atoms with E-state index >= 15 is 0 Å². The summed E-state index contributed by atoms with van der Waals surface area (Å²) < 4.78 is 39.3. The van der Waals surface area contributed by atoms with Crippen molar-refractivity contribution in [3.05, 3.63) is 58.9 Å². The third kappa shape index (κ3) is 3.34. The number of rotatable bonds is 4. The number of sulfonamides is 1. The van der Waals surface area contributed by atoms with Gasteiger partial charge in [-0.2, -0.15) is 4.31 Å². The molecule has 21 heavy (non-hydrogen) atoms. The SMILES string of the molecule is CN(Cc1ccccc1N)S(=O)(=O)c1cc(F)ccc1Cl. The van der Waals surface area contributed by atoms with Crippen molar-refractivity contribution < 1.29 is 12.8 Å². The van der Waals surface area contributed by atoms with Crippen LogP contribution in [0.15, 0.2) is 47.4 Å². The van der Waals surface area contributed by atoms with Gasteiger partial charge >= 0.3 is 0 Å². The predicted octanol–water partition coefficient (Wildman–Crippen LogP) is 2.88. The molecule has 0 fully saturated rings. The molecule has 0 saturated carbocycles. The zero-order valence-electron chi connectivity index (χ0n) is 11.3. The second-order valence-corrected chi connectivity index (χ2v) is 6.96. The van der Waals surface area contributed by atoms with Crippen LogP contribution in [0.5, 0.6) is 0 Å². The van der Waals surface area contributed by atoms with E-state index in [4.69, 9.17) is 17.3 Å². The summed E-state index contributed by atoms with van der Waals surface area (Å²) in [5.74, 6) is -0.661. The van der Waals surface area contributed by atoms with Crippen LogP contribution in [-0.4, -0.2) is 19.8 Å². The van der Waals surface area contributed by atoms with Gasteiger partial charge in [-0.05, 0) is 29.8 Å². The first-order valence-electron chi connectivity index (χ1n) is 6.07. The molecule has 2 N–H and O–H groups in total. The number of para-hydroxylation sites is 1. The maximum absolute atomic E-state index is 13.3. The standard InChI is InChI=1S/C14H14ClFN2O2S/c1-18(9-10-4-2-3-5-13(10)17)21(19,20)14-8-11(16)6-7-12(14)15/h2-8H,9,17H2,1H3. The van der Waals surface area contributed by atoms with Crippen molar-refractivity contribution in [2.24, 2.45) is 0 Å². The molecule has 0 saturated heterocycles. The van der Waals surface area contributed by atoms with Gasteiger partial charge in [-0.3, -0.25) is 0 Å². The molecule has 2 aromatic carbocycles. The smallest absolute Gasteiger partial charge is 0.244 e. The van der Waals surface area contributed by atoms with Gasteiger partial charge in [0.15, 0.2) is 0 Å². The summed E-state index contributed by atoms with van der Waals surface area (Å²) in [7, 11) is -2.51. The van der Waals surface area contributed by atoms with Crippen molar-refractivity contribution in [1.82, 2.24) is 4.31 Å². The predicted molar refractivity (Wildman–Crippen MR) is 80.9 cm³/mol. The van der Waals surface area contributed by atoms with E-state index in [9.17, 15) is 12.8 Å². The van der Waals surface area contributed by atoms with Crippen LogP contribution in [0.1, 0.15) is 5.56 Å². The molecule has 7 heteroatoms. The lowest BCUT2D eigenvalue weighted by Crippen LogP contribution is -2.27. The van der Waals surface area contributed by atoms with Crippen molar-refractivity contribution in [3.63, 3.8) is 0 Å². The van der Waals surface area contributed by atoms with E-state index in [1.807, 2.05) is 0 Å². The first-order valence-corrected chi connectivity index (χ1v) is 7.89. The van der Waals surface area contributed by atoms with E-state index in [0.29, 0.717) is 11.3 Å². The van der Waals surface area contributed by atoms with Crippen LogP contribution in [0.2, 0.25) is 5.02 Å². The Balaban J connectivity index is 2.35. The van der Waals surface area contributed by atoms with Gasteiger partial charge in [-0.25, -0.2) is 12.8 Å². The maximum Gasteiger partial charge on any atom is 0.244 e. The highest BCUT2D eigenvalue weighted by molar-refractivity contribution is 7.89. The molecule has 0 aliphatic carbocycles. The van der Waals surface area contributed by atoms with Crippen LogP contribution in [0.4, 0.5) is 10.1 Å². The minimum atomic E-state index is -3.90. The number of hydrogen-bond acceptors (Lipinski definition) is 3. The topological polar surface area (TPSA) is 63.4 Å². The normalized spacial score (nSPS) is 11.8. The van der Waals surface area contributed by atoms with Crippen molar-refractivity contribution in [3.8, 4) is 0 Å². The largest absolute Gasteiger partial charge is 0.398 e. The van der Waals surface area contributed by atoms with E-state index in [1.54, 1.807) is 24.3 Å². The summed E-state index contributed by atoms with van der Waals surface area (Å²) in [4.78, 5) is -0.263. The number of hydrogen-bond donors (Lipinski definition) is 1. The van der Waals surface area contributed by atoms with Gasteiger partial charge < -0.3 is 5.73 Å². The molecule has 0 bridgehead atoms. The van der Waals surface area contributed by atoms with Gasteiger partial charge in [0.2, 0.25) is 10.0 Å². The fraction of sp³-hybridized carbons (Fsp3) is 0.143. The molecule has 0 heterocycles. The van der Waals surface area contributed by atoms with Crippen molar-refractivity contribution in [1.29, 1.82) is 0 Å². The molecule has 4 nitrogen and oxygen atoms in total. The first-order chi connectivity index (χ1) is 9.82. The molecule has 0 radical (unpaired) electrons. The van der Waals surface area contributed by atoms with Crippen LogP contribution in [0, 0.1) is 5.82 Å². The molecular weight excluding hydrogens is 315 g/mol. The highest BCUT2D eigenvalue weighted by atomic mass is 35.5. The highest BCUT2D eigenvalue weighted by Gasteiger charge is 2.24. The molecule has 2 aromatic rings. The lowest BCUT2D eigenvalue weighted by atomic mass is 10.2. The van der Waals surface area contributed by atoms with Crippen LogP contribution in [-0.2, 0) is 16.6 Å². The Labute approximate surface area is 128 Å². The fourth-order valence-electron chi connectivity index (χ4n) is 1.85. The number of halogens is 2. The maximum atomic E-state index is 13.3. The molecule has 0 aliphatic heterocycles. The van der Waals surface area contributed by atoms with Gasteiger partial charge in [0, 0.05) is 19.3 Å². The zero-order valence-corrected chi connectivity index (χ0v) is 12.8. The summed E-state index contributed by atoms with van der Waals surface area (Å²) >= 11 is 5.86. The lowest BCUT2D eigenvalue weighted by molar-refractivity contribution is 0.466. The van der Waals surface area contributed by atoms with E-state index < -0.39 is 15.8 Å². The van der Waals surface area contributed by atoms with E-state index in [2.05, 4.69) is 0 Å². The van der Waals surface area contributed by atoms with Crippen LogP contribution >= 0.6 is 11.6 Å². The second kappa shape index (κ2) is 6.01. The zero-order chi connectivity index (χ0) is 15.6. The average molecular weight is 329 g/mol. The Morgan fingerprint density at radius 1 is 1.24 bits per heavy atom. The van der Waals surface area contributed by atoms with Gasteiger partial charge in [0.05, 0.1) is 5.02 Å². The molecule has 0 amide bonds. The van der Waals surface area contributed by atoms with Gasteiger partial charge in [-0.15, -0.1) is 0 Å². The van der Waals surface area contributed by atoms with Crippen LogP contribution in [0.3, 0.4) is 0 Å². The van der Waals surface area contributed by atoms with E-state index in [0.717, 1.165) is 16.4 Å². The summed E-state index contributed by atoms with van der Waals surface area (Å²) in [5.41, 5.74) is 6.95.